The van der Waals surface area contributed by atoms with Crippen molar-refractivity contribution in [3.63, 3.8) is 0 Å². The van der Waals surface area contributed by atoms with E-state index in [0.29, 0.717) is 33.0 Å². The summed E-state index contributed by atoms with van der Waals surface area (Å²) in [6, 6.07) is 21.4. The van der Waals surface area contributed by atoms with Crippen LogP contribution in [0.4, 0.5) is 5.69 Å². The molecule has 0 bridgehead atoms. The molecule has 1 N–H and O–H groups in total. The van der Waals surface area contributed by atoms with Crippen LogP contribution in [0.2, 0.25) is 10.0 Å². The Kier molecular flexibility index (Phi) is 6.22. The second-order valence-electron chi connectivity index (χ2n) is 5.74. The second kappa shape index (κ2) is 8.80. The minimum absolute atomic E-state index is 0.329. The molecule has 0 heterocycles. The molecule has 1 atom stereocenters. The van der Waals surface area contributed by atoms with Gasteiger partial charge in [-0.15, -0.1) is 0 Å². The number of hydrogen-bond donors (Lipinski definition) is 1. The zero-order chi connectivity index (χ0) is 19.2. The Labute approximate surface area is 167 Å². The normalized spacial score (nSPS) is 11.5. The van der Waals surface area contributed by atoms with Crippen molar-refractivity contribution in [2.45, 2.75) is 13.0 Å². The lowest BCUT2D eigenvalue weighted by molar-refractivity contribution is -0.122. The summed E-state index contributed by atoms with van der Waals surface area (Å²) in [5.74, 6) is 1.27. The number of nitrogens with one attached hydrogen (secondary N) is 1. The SMILES string of the molecule is C[C@@H](Oc1ccc(Cl)cc1Cl)C(=O)Nc1ccccc1Oc1ccccc1. The van der Waals surface area contributed by atoms with Gasteiger partial charge in [0.1, 0.15) is 11.5 Å². The molecule has 6 heteroatoms. The molecule has 3 rings (SSSR count). The highest BCUT2D eigenvalue weighted by Gasteiger charge is 2.18. The van der Waals surface area contributed by atoms with Gasteiger partial charge in [0, 0.05) is 5.02 Å². The average Bonchev–Trinajstić information content (AvgIpc) is 2.66. The Morgan fingerprint density at radius 3 is 2.37 bits per heavy atom. The van der Waals surface area contributed by atoms with Gasteiger partial charge in [-0.05, 0) is 49.4 Å². The van der Waals surface area contributed by atoms with Crippen molar-refractivity contribution in [1.29, 1.82) is 0 Å². The van der Waals surface area contributed by atoms with Gasteiger partial charge in [0.2, 0.25) is 0 Å². The predicted octanol–water partition coefficient (Wildman–Crippen LogP) is 6.19. The lowest BCUT2D eigenvalue weighted by Gasteiger charge is -2.17. The molecule has 0 unspecified atom stereocenters. The summed E-state index contributed by atoms with van der Waals surface area (Å²) in [6.07, 6.45) is -0.770. The van der Waals surface area contributed by atoms with E-state index in [1.54, 1.807) is 37.3 Å². The topological polar surface area (TPSA) is 47.6 Å². The van der Waals surface area contributed by atoms with Gasteiger partial charge < -0.3 is 14.8 Å². The van der Waals surface area contributed by atoms with Crippen LogP contribution < -0.4 is 14.8 Å². The number of carbonyl (C=O) groups excluding carboxylic acids is 1. The number of hydrogen-bond acceptors (Lipinski definition) is 3. The number of benzene rings is 3. The number of rotatable bonds is 6. The molecule has 0 aliphatic carbocycles. The van der Waals surface area contributed by atoms with Crippen molar-refractivity contribution >= 4 is 34.8 Å². The molecule has 3 aromatic rings. The molecule has 0 saturated heterocycles. The number of ether oxygens (including phenoxy) is 2. The first-order valence-corrected chi connectivity index (χ1v) is 9.03. The molecule has 0 aliphatic rings. The van der Waals surface area contributed by atoms with Crippen LogP contribution in [0.5, 0.6) is 17.2 Å². The zero-order valence-electron chi connectivity index (χ0n) is 14.5. The molecule has 0 fully saturated rings. The lowest BCUT2D eigenvalue weighted by atomic mass is 10.2. The fourth-order valence-corrected chi connectivity index (χ4v) is 2.78. The zero-order valence-corrected chi connectivity index (χ0v) is 16.0. The van der Waals surface area contributed by atoms with E-state index in [1.807, 2.05) is 42.5 Å². The van der Waals surface area contributed by atoms with Crippen LogP contribution in [-0.2, 0) is 4.79 Å². The van der Waals surface area contributed by atoms with Gasteiger partial charge in [-0.1, -0.05) is 53.5 Å². The van der Waals surface area contributed by atoms with Crippen LogP contribution in [0.25, 0.3) is 0 Å². The highest BCUT2D eigenvalue weighted by atomic mass is 35.5. The fourth-order valence-electron chi connectivity index (χ4n) is 2.32. The largest absolute Gasteiger partial charge is 0.479 e. The van der Waals surface area contributed by atoms with Gasteiger partial charge in [0.15, 0.2) is 11.9 Å². The summed E-state index contributed by atoms with van der Waals surface area (Å²) >= 11 is 12.0. The second-order valence-corrected chi connectivity index (χ2v) is 6.58. The quantitative estimate of drug-likeness (QED) is 0.535. The molecule has 0 aromatic heterocycles. The molecule has 0 aliphatic heterocycles. The molecule has 4 nitrogen and oxygen atoms in total. The Balaban J connectivity index is 1.70. The molecular weight excluding hydrogens is 385 g/mol. The maximum atomic E-state index is 12.5. The summed E-state index contributed by atoms with van der Waals surface area (Å²) in [6.45, 7) is 1.64. The molecule has 1 amide bonds. The van der Waals surface area contributed by atoms with Crippen molar-refractivity contribution in [2.75, 3.05) is 5.32 Å². The maximum absolute atomic E-state index is 12.5. The van der Waals surface area contributed by atoms with E-state index < -0.39 is 6.10 Å². The minimum atomic E-state index is -0.770. The van der Waals surface area contributed by atoms with E-state index in [-0.39, 0.29) is 5.91 Å². The van der Waals surface area contributed by atoms with Gasteiger partial charge in [-0.25, -0.2) is 0 Å². The van der Waals surface area contributed by atoms with Gasteiger partial charge in [-0.2, -0.15) is 0 Å². The number of halogens is 2. The third-order valence-electron chi connectivity index (χ3n) is 3.68. The Morgan fingerprint density at radius 1 is 0.926 bits per heavy atom. The smallest absolute Gasteiger partial charge is 0.265 e. The number of amides is 1. The molecule has 27 heavy (non-hydrogen) atoms. The molecule has 138 valence electrons. The first-order valence-electron chi connectivity index (χ1n) is 8.27. The van der Waals surface area contributed by atoms with E-state index in [2.05, 4.69) is 5.32 Å². The van der Waals surface area contributed by atoms with Crippen molar-refractivity contribution in [3.05, 3.63) is 82.8 Å². The summed E-state index contributed by atoms with van der Waals surface area (Å²) in [5, 5.41) is 3.66. The molecule has 0 radical (unpaired) electrons. The van der Waals surface area contributed by atoms with E-state index in [9.17, 15) is 4.79 Å². The Morgan fingerprint density at radius 2 is 1.63 bits per heavy atom. The molecule has 0 spiro atoms. The van der Waals surface area contributed by atoms with Crippen LogP contribution in [0.3, 0.4) is 0 Å². The standard InChI is InChI=1S/C21H17Cl2NO3/c1-14(26-19-12-11-15(22)13-17(19)23)21(25)24-18-9-5-6-10-20(18)27-16-7-3-2-4-8-16/h2-14H,1H3,(H,24,25)/t14-/m1/s1. The molecule has 3 aromatic carbocycles. The van der Waals surface area contributed by atoms with Gasteiger partial charge in [0.25, 0.3) is 5.91 Å². The van der Waals surface area contributed by atoms with Crippen LogP contribution in [-0.4, -0.2) is 12.0 Å². The van der Waals surface area contributed by atoms with Crippen LogP contribution in [0, 0.1) is 0 Å². The number of anilines is 1. The Bertz CT molecular complexity index is 932. The number of carbonyl (C=O) groups is 1. The predicted molar refractivity (Wildman–Crippen MR) is 108 cm³/mol. The van der Waals surface area contributed by atoms with Gasteiger partial charge in [-0.3, -0.25) is 4.79 Å². The highest BCUT2D eigenvalue weighted by Crippen LogP contribution is 2.30. The van der Waals surface area contributed by atoms with Crippen LogP contribution in [0.1, 0.15) is 6.92 Å². The third-order valence-corrected chi connectivity index (χ3v) is 4.21. The summed E-state index contributed by atoms with van der Waals surface area (Å²) in [4.78, 5) is 12.5. The summed E-state index contributed by atoms with van der Waals surface area (Å²) < 4.78 is 11.5. The van der Waals surface area contributed by atoms with Crippen molar-refractivity contribution in [3.8, 4) is 17.2 Å². The van der Waals surface area contributed by atoms with E-state index >= 15 is 0 Å². The van der Waals surface area contributed by atoms with Crippen molar-refractivity contribution in [2.24, 2.45) is 0 Å². The summed E-state index contributed by atoms with van der Waals surface area (Å²) in [7, 11) is 0. The monoisotopic (exact) mass is 401 g/mol. The first kappa shape index (κ1) is 19.1. The number of para-hydroxylation sites is 3. The molecule has 0 saturated carbocycles. The van der Waals surface area contributed by atoms with E-state index in [4.69, 9.17) is 32.7 Å². The average molecular weight is 402 g/mol. The summed E-state index contributed by atoms with van der Waals surface area (Å²) in [5.41, 5.74) is 0.545. The minimum Gasteiger partial charge on any atom is -0.479 e. The first-order chi connectivity index (χ1) is 13.0. The van der Waals surface area contributed by atoms with Crippen LogP contribution in [0.15, 0.2) is 72.8 Å². The van der Waals surface area contributed by atoms with Crippen LogP contribution >= 0.6 is 23.2 Å². The van der Waals surface area contributed by atoms with E-state index in [0.717, 1.165) is 0 Å². The highest BCUT2D eigenvalue weighted by molar-refractivity contribution is 6.35. The van der Waals surface area contributed by atoms with Crippen molar-refractivity contribution < 1.29 is 14.3 Å². The fraction of sp³-hybridized carbons (Fsp3) is 0.0952. The molecular formula is C21H17Cl2NO3. The lowest BCUT2D eigenvalue weighted by Crippen LogP contribution is -2.30. The van der Waals surface area contributed by atoms with E-state index in [1.165, 1.54) is 0 Å². The van der Waals surface area contributed by atoms with Crippen molar-refractivity contribution in [1.82, 2.24) is 0 Å². The Hall–Kier alpha value is -2.69. The van der Waals surface area contributed by atoms with Gasteiger partial charge in [0.05, 0.1) is 10.7 Å². The maximum Gasteiger partial charge on any atom is 0.265 e. The third kappa shape index (κ3) is 5.16. The van der Waals surface area contributed by atoms with Gasteiger partial charge >= 0.3 is 0 Å².